The number of nitrogens with one attached hydrogen (secondary N) is 1. The van der Waals surface area contributed by atoms with Crippen LogP contribution in [0.2, 0.25) is 0 Å². The van der Waals surface area contributed by atoms with Gasteiger partial charge in [-0.05, 0) is 44.5 Å². The summed E-state index contributed by atoms with van der Waals surface area (Å²) in [7, 11) is 0. The van der Waals surface area contributed by atoms with Crippen molar-refractivity contribution in [1.82, 2.24) is 0 Å². The van der Waals surface area contributed by atoms with Crippen molar-refractivity contribution in [3.8, 4) is 11.5 Å². The lowest BCUT2D eigenvalue weighted by Gasteiger charge is -2.14. The van der Waals surface area contributed by atoms with Gasteiger partial charge in [-0.3, -0.25) is 14.4 Å². The van der Waals surface area contributed by atoms with Crippen LogP contribution in [0.25, 0.3) is 0 Å². The lowest BCUT2D eigenvalue weighted by molar-refractivity contribution is -0.153. The summed E-state index contributed by atoms with van der Waals surface area (Å²) in [5.74, 6) is -0.0518. The highest BCUT2D eigenvalue weighted by molar-refractivity contribution is 5.99. The van der Waals surface area contributed by atoms with Crippen LogP contribution in [-0.4, -0.2) is 30.6 Å². The number of rotatable bonds is 7. The van der Waals surface area contributed by atoms with E-state index >= 15 is 0 Å². The van der Waals surface area contributed by atoms with E-state index in [1.54, 1.807) is 18.2 Å². The number of Topliss-reactive ketones (excluding diaryl/α,β-unsaturated/α-hetero) is 1. The van der Waals surface area contributed by atoms with Gasteiger partial charge in [-0.2, -0.15) is 0 Å². The molecule has 7 heteroatoms. The van der Waals surface area contributed by atoms with E-state index < -0.39 is 18.0 Å². The zero-order valence-corrected chi connectivity index (χ0v) is 16.6. The smallest absolute Gasteiger partial charge is 0.307 e. The molecule has 0 radical (unpaired) electrons. The minimum Gasteiger partial charge on any atom is -0.454 e. The molecule has 0 aliphatic carbocycles. The van der Waals surface area contributed by atoms with E-state index in [9.17, 15) is 14.4 Å². The molecule has 1 N–H and O–H groups in total. The Morgan fingerprint density at radius 1 is 1.03 bits per heavy atom. The Balaban J connectivity index is 1.49. The van der Waals surface area contributed by atoms with Gasteiger partial charge < -0.3 is 19.5 Å². The molecule has 0 aromatic heterocycles. The molecule has 2 aromatic rings. The minimum absolute atomic E-state index is 0.0274. The summed E-state index contributed by atoms with van der Waals surface area (Å²) in [6.07, 6.45) is -1.06. The number of esters is 1. The Morgan fingerprint density at radius 2 is 1.79 bits per heavy atom. The average Bonchev–Trinajstić information content (AvgIpc) is 3.15. The van der Waals surface area contributed by atoms with Crippen molar-refractivity contribution in [2.75, 3.05) is 12.1 Å². The summed E-state index contributed by atoms with van der Waals surface area (Å²) in [4.78, 5) is 36.7. The summed E-state index contributed by atoms with van der Waals surface area (Å²) in [6.45, 7) is 5.38. The first-order chi connectivity index (χ1) is 13.8. The number of carbonyl (C=O) groups excluding carboxylic acids is 3. The van der Waals surface area contributed by atoms with Crippen molar-refractivity contribution in [2.45, 2.75) is 39.7 Å². The van der Waals surface area contributed by atoms with E-state index in [1.807, 2.05) is 32.0 Å². The Labute approximate surface area is 169 Å². The largest absolute Gasteiger partial charge is 0.454 e. The monoisotopic (exact) mass is 397 g/mol. The molecule has 0 fully saturated rings. The number of ether oxygens (including phenoxy) is 3. The maximum absolute atomic E-state index is 12.4. The van der Waals surface area contributed by atoms with E-state index in [0.29, 0.717) is 22.7 Å². The number of ketones is 1. The number of carbonyl (C=O) groups is 3. The molecule has 29 heavy (non-hydrogen) atoms. The van der Waals surface area contributed by atoms with Crippen LogP contribution in [-0.2, 0) is 14.3 Å². The Kier molecular flexibility index (Phi) is 6.16. The molecule has 0 saturated heterocycles. The van der Waals surface area contributed by atoms with Gasteiger partial charge in [-0.15, -0.1) is 0 Å². The Bertz CT molecular complexity index is 952. The number of hydrogen-bond donors (Lipinski definition) is 1. The van der Waals surface area contributed by atoms with Crippen molar-refractivity contribution in [3.05, 3.63) is 53.1 Å². The fourth-order valence-corrected chi connectivity index (χ4v) is 2.91. The van der Waals surface area contributed by atoms with Crippen molar-refractivity contribution < 1.29 is 28.6 Å². The van der Waals surface area contributed by atoms with Gasteiger partial charge in [0.15, 0.2) is 23.4 Å². The third kappa shape index (κ3) is 5.13. The van der Waals surface area contributed by atoms with E-state index in [1.165, 1.54) is 6.92 Å². The van der Waals surface area contributed by atoms with Crippen molar-refractivity contribution in [3.63, 3.8) is 0 Å². The molecule has 1 aliphatic heterocycles. The van der Waals surface area contributed by atoms with Crippen LogP contribution in [0.3, 0.4) is 0 Å². The maximum Gasteiger partial charge on any atom is 0.307 e. The van der Waals surface area contributed by atoms with Crippen LogP contribution in [0.5, 0.6) is 11.5 Å². The molecule has 0 unspecified atom stereocenters. The quantitative estimate of drug-likeness (QED) is 0.567. The van der Waals surface area contributed by atoms with Crippen LogP contribution in [0.1, 0.15) is 41.3 Å². The van der Waals surface area contributed by atoms with E-state index in [4.69, 9.17) is 14.2 Å². The minimum atomic E-state index is -0.997. The second kappa shape index (κ2) is 8.77. The standard InChI is InChI=1S/C22H23NO6/c1-13-4-5-14(2)17(10-13)18(24)7-9-21(25)29-15(3)22(26)23-16-6-8-19-20(11-16)28-12-27-19/h4-6,8,10-11,15H,7,9,12H2,1-3H3,(H,23,26)/t15-/m0/s1. The Hall–Kier alpha value is -3.35. The number of fused-ring (bicyclic) bond motifs is 1. The molecular weight excluding hydrogens is 374 g/mol. The summed E-state index contributed by atoms with van der Waals surface area (Å²) in [5, 5.41) is 2.66. The summed E-state index contributed by atoms with van der Waals surface area (Å²) < 4.78 is 15.6. The van der Waals surface area contributed by atoms with Gasteiger partial charge in [-0.25, -0.2) is 0 Å². The Morgan fingerprint density at radius 3 is 2.59 bits per heavy atom. The lowest BCUT2D eigenvalue weighted by atomic mass is 9.99. The molecule has 0 bridgehead atoms. The number of benzene rings is 2. The highest BCUT2D eigenvalue weighted by Crippen LogP contribution is 2.34. The number of aryl methyl sites for hydroxylation is 2. The molecule has 152 valence electrons. The predicted octanol–water partition coefficient (Wildman–Crippen LogP) is 3.57. The van der Waals surface area contributed by atoms with Gasteiger partial charge in [0.05, 0.1) is 6.42 Å². The second-order valence-electron chi connectivity index (χ2n) is 6.93. The summed E-state index contributed by atoms with van der Waals surface area (Å²) in [5.41, 5.74) is 2.96. The SMILES string of the molecule is Cc1ccc(C)c(C(=O)CCC(=O)O[C@@H](C)C(=O)Nc2ccc3c(c2)OCO3)c1. The molecule has 0 saturated carbocycles. The zero-order chi connectivity index (χ0) is 21.0. The molecule has 2 aromatic carbocycles. The third-order valence-electron chi connectivity index (χ3n) is 4.57. The number of anilines is 1. The van der Waals surface area contributed by atoms with Crippen LogP contribution >= 0.6 is 0 Å². The van der Waals surface area contributed by atoms with Crippen LogP contribution in [0, 0.1) is 13.8 Å². The summed E-state index contributed by atoms with van der Waals surface area (Å²) in [6, 6.07) is 10.6. The van der Waals surface area contributed by atoms with Gasteiger partial charge in [0.1, 0.15) is 0 Å². The topological polar surface area (TPSA) is 90.9 Å². The van der Waals surface area contributed by atoms with Gasteiger partial charge in [-0.1, -0.05) is 17.7 Å². The van der Waals surface area contributed by atoms with Crippen LogP contribution in [0.4, 0.5) is 5.69 Å². The van der Waals surface area contributed by atoms with Gasteiger partial charge in [0.25, 0.3) is 5.91 Å². The number of amides is 1. The van der Waals surface area contributed by atoms with Gasteiger partial charge in [0.2, 0.25) is 6.79 Å². The molecule has 1 atom stereocenters. The van der Waals surface area contributed by atoms with Gasteiger partial charge >= 0.3 is 5.97 Å². The molecule has 1 aliphatic rings. The molecule has 7 nitrogen and oxygen atoms in total. The van der Waals surface area contributed by atoms with Crippen molar-refractivity contribution >= 4 is 23.3 Å². The molecule has 3 rings (SSSR count). The van der Waals surface area contributed by atoms with Crippen molar-refractivity contribution in [2.24, 2.45) is 0 Å². The normalized spacial score (nSPS) is 12.9. The highest BCUT2D eigenvalue weighted by Gasteiger charge is 2.21. The molecular formula is C22H23NO6. The first-order valence-electron chi connectivity index (χ1n) is 9.34. The fourth-order valence-electron chi connectivity index (χ4n) is 2.91. The number of hydrogen-bond acceptors (Lipinski definition) is 6. The average molecular weight is 397 g/mol. The van der Waals surface area contributed by atoms with E-state index in [2.05, 4.69) is 5.32 Å². The first kappa shape index (κ1) is 20.4. The fraction of sp³-hybridized carbons (Fsp3) is 0.318. The van der Waals surface area contributed by atoms with Crippen molar-refractivity contribution in [1.29, 1.82) is 0 Å². The molecule has 0 spiro atoms. The maximum atomic E-state index is 12.4. The second-order valence-corrected chi connectivity index (χ2v) is 6.93. The van der Waals surface area contributed by atoms with E-state index in [0.717, 1.165) is 11.1 Å². The van der Waals surface area contributed by atoms with Crippen LogP contribution < -0.4 is 14.8 Å². The molecule has 1 heterocycles. The molecule has 1 amide bonds. The zero-order valence-electron chi connectivity index (χ0n) is 16.6. The van der Waals surface area contributed by atoms with Crippen LogP contribution in [0.15, 0.2) is 36.4 Å². The predicted molar refractivity (Wildman–Crippen MR) is 106 cm³/mol. The third-order valence-corrected chi connectivity index (χ3v) is 4.57. The van der Waals surface area contributed by atoms with E-state index in [-0.39, 0.29) is 25.4 Å². The lowest BCUT2D eigenvalue weighted by Crippen LogP contribution is -2.30. The highest BCUT2D eigenvalue weighted by atomic mass is 16.7. The first-order valence-corrected chi connectivity index (χ1v) is 9.34. The summed E-state index contributed by atoms with van der Waals surface area (Å²) >= 11 is 0. The van der Waals surface area contributed by atoms with Gasteiger partial charge in [0, 0.05) is 23.7 Å².